The average molecular weight is 320 g/mol. The van der Waals surface area contributed by atoms with Crippen molar-refractivity contribution in [3.05, 3.63) is 17.5 Å². The molecule has 1 amide bonds. The molecule has 0 bridgehead atoms. The second kappa shape index (κ2) is 7.36. The fraction of sp³-hybridized carbons (Fsp3) is 0.455. The predicted molar refractivity (Wildman–Crippen MR) is 74.0 cm³/mol. The van der Waals surface area contributed by atoms with Gasteiger partial charge in [0.1, 0.15) is 10.8 Å². The normalized spacial score (nSPS) is 11.2. The van der Waals surface area contributed by atoms with Gasteiger partial charge in [-0.2, -0.15) is 0 Å². The quantitative estimate of drug-likeness (QED) is 0.719. The number of sulfonamides is 1. The smallest absolute Gasteiger partial charge is 0.323 e. The zero-order valence-electron chi connectivity index (χ0n) is 10.9. The van der Waals surface area contributed by atoms with Gasteiger partial charge in [0.15, 0.2) is 0 Å². The van der Waals surface area contributed by atoms with E-state index in [0.29, 0.717) is 0 Å². The number of rotatable bonds is 8. The minimum Gasteiger partial charge on any atom is -0.480 e. The molecule has 1 aromatic rings. The molecule has 20 heavy (non-hydrogen) atoms. The van der Waals surface area contributed by atoms with E-state index in [2.05, 4.69) is 4.72 Å². The molecule has 0 radical (unpaired) electrons. The largest absolute Gasteiger partial charge is 0.480 e. The van der Waals surface area contributed by atoms with Gasteiger partial charge in [-0.05, 0) is 18.4 Å². The van der Waals surface area contributed by atoms with Crippen LogP contribution in [0.5, 0.6) is 0 Å². The molecule has 0 aliphatic heterocycles. The number of aliphatic carboxylic acids is 1. The summed E-state index contributed by atoms with van der Waals surface area (Å²) < 4.78 is 26.0. The van der Waals surface area contributed by atoms with Crippen molar-refractivity contribution in [3.63, 3.8) is 0 Å². The molecule has 112 valence electrons. The van der Waals surface area contributed by atoms with E-state index >= 15 is 0 Å². The molecule has 0 atom stereocenters. The number of thiophene rings is 1. The Kier molecular flexibility index (Phi) is 6.11. The van der Waals surface area contributed by atoms with Gasteiger partial charge < -0.3 is 10.0 Å². The maximum Gasteiger partial charge on any atom is 0.323 e. The lowest BCUT2D eigenvalue weighted by molar-refractivity contribution is -0.144. The van der Waals surface area contributed by atoms with Crippen LogP contribution in [0.3, 0.4) is 0 Å². The molecule has 0 fully saturated rings. The van der Waals surface area contributed by atoms with Crippen LogP contribution in [-0.2, 0) is 19.6 Å². The van der Waals surface area contributed by atoms with Crippen molar-refractivity contribution >= 4 is 33.2 Å². The first-order valence-corrected chi connectivity index (χ1v) is 8.26. The fourth-order valence-electron chi connectivity index (χ4n) is 1.48. The van der Waals surface area contributed by atoms with Crippen LogP contribution in [0, 0.1) is 0 Å². The molecule has 0 aliphatic carbocycles. The van der Waals surface area contributed by atoms with Gasteiger partial charge in [0, 0.05) is 19.5 Å². The van der Waals surface area contributed by atoms with Gasteiger partial charge in [-0.1, -0.05) is 6.07 Å². The summed E-state index contributed by atoms with van der Waals surface area (Å²) >= 11 is 1.08. The van der Waals surface area contributed by atoms with Gasteiger partial charge in [-0.3, -0.25) is 9.59 Å². The number of hydrogen-bond acceptors (Lipinski definition) is 5. The number of nitrogens with zero attached hydrogens (tertiary/aromatic N) is 1. The first-order chi connectivity index (χ1) is 9.36. The minimum atomic E-state index is -3.59. The highest BCUT2D eigenvalue weighted by Crippen LogP contribution is 2.15. The third kappa shape index (κ3) is 4.91. The number of hydrogen-bond donors (Lipinski definition) is 2. The molecule has 7 nitrogen and oxygen atoms in total. The molecule has 0 aliphatic rings. The second-order valence-electron chi connectivity index (χ2n) is 3.88. The van der Waals surface area contributed by atoms with Gasteiger partial charge in [0.2, 0.25) is 15.9 Å². The average Bonchev–Trinajstić information content (AvgIpc) is 2.89. The minimum absolute atomic E-state index is 0.0603. The monoisotopic (exact) mass is 320 g/mol. The summed E-state index contributed by atoms with van der Waals surface area (Å²) in [5.41, 5.74) is 0. The Morgan fingerprint density at radius 2 is 2.15 bits per heavy atom. The summed E-state index contributed by atoms with van der Waals surface area (Å²) in [6.45, 7) is 1.49. The molecule has 9 heteroatoms. The van der Waals surface area contributed by atoms with Gasteiger partial charge in [-0.15, -0.1) is 11.3 Å². The standard InChI is InChI=1S/C11H16N2O5S2/c1-2-13(8-10(15)16)9(14)5-6-12-20(17,18)11-4-3-7-19-11/h3-4,7,12H,2,5-6,8H2,1H3,(H,15,16). The van der Waals surface area contributed by atoms with Gasteiger partial charge in [0.05, 0.1) is 0 Å². The summed E-state index contributed by atoms with van der Waals surface area (Å²) in [5, 5.41) is 10.3. The van der Waals surface area contributed by atoms with Crippen molar-refractivity contribution in [2.24, 2.45) is 0 Å². The van der Waals surface area contributed by atoms with Crippen LogP contribution in [0.1, 0.15) is 13.3 Å². The second-order valence-corrected chi connectivity index (χ2v) is 6.82. The Bertz CT molecular complexity index is 553. The molecule has 0 aromatic carbocycles. The molecule has 0 saturated heterocycles. The van der Waals surface area contributed by atoms with Crippen molar-refractivity contribution in [2.75, 3.05) is 19.6 Å². The lowest BCUT2D eigenvalue weighted by atomic mass is 10.3. The topological polar surface area (TPSA) is 104 Å². The molecule has 1 rings (SSSR count). The van der Waals surface area contributed by atoms with E-state index in [0.717, 1.165) is 16.2 Å². The molecule has 1 aromatic heterocycles. The van der Waals surface area contributed by atoms with Gasteiger partial charge in [0.25, 0.3) is 0 Å². The number of carbonyl (C=O) groups excluding carboxylic acids is 1. The summed E-state index contributed by atoms with van der Waals surface area (Å²) in [7, 11) is -3.59. The summed E-state index contributed by atoms with van der Waals surface area (Å²) in [4.78, 5) is 23.4. The van der Waals surface area contributed by atoms with Gasteiger partial charge in [-0.25, -0.2) is 13.1 Å². The molecular formula is C11H16N2O5S2. The Labute approximate surface area is 121 Å². The van der Waals surface area contributed by atoms with Crippen LogP contribution in [0.25, 0.3) is 0 Å². The van der Waals surface area contributed by atoms with Crippen molar-refractivity contribution in [1.29, 1.82) is 0 Å². The SMILES string of the molecule is CCN(CC(=O)O)C(=O)CCNS(=O)(=O)c1cccs1. The summed E-state index contributed by atoms with van der Waals surface area (Å²) in [5.74, 6) is -1.50. The maximum absolute atomic E-state index is 11.8. The molecular weight excluding hydrogens is 304 g/mol. The van der Waals surface area contributed by atoms with Crippen LogP contribution in [0.15, 0.2) is 21.7 Å². The van der Waals surface area contributed by atoms with E-state index in [1.54, 1.807) is 18.4 Å². The lowest BCUT2D eigenvalue weighted by Gasteiger charge is -2.18. The Morgan fingerprint density at radius 1 is 1.45 bits per heavy atom. The molecule has 0 saturated carbocycles. The number of carbonyl (C=O) groups is 2. The van der Waals surface area contributed by atoms with Crippen LogP contribution in [-0.4, -0.2) is 49.9 Å². The van der Waals surface area contributed by atoms with Crippen molar-refractivity contribution < 1.29 is 23.1 Å². The number of amides is 1. The lowest BCUT2D eigenvalue weighted by Crippen LogP contribution is -2.37. The van der Waals surface area contributed by atoms with Crippen molar-refractivity contribution in [2.45, 2.75) is 17.6 Å². The van der Waals surface area contributed by atoms with E-state index in [1.165, 1.54) is 6.07 Å². The van der Waals surface area contributed by atoms with E-state index in [4.69, 9.17) is 5.11 Å². The Hall–Kier alpha value is -1.45. The van der Waals surface area contributed by atoms with E-state index in [1.807, 2.05) is 0 Å². The molecule has 0 spiro atoms. The molecule has 0 unspecified atom stereocenters. The first kappa shape index (κ1) is 16.6. The van der Waals surface area contributed by atoms with E-state index in [9.17, 15) is 18.0 Å². The summed E-state index contributed by atoms with van der Waals surface area (Å²) in [6, 6.07) is 3.09. The predicted octanol–water partition coefficient (Wildman–Crippen LogP) is 0.350. The zero-order valence-corrected chi connectivity index (χ0v) is 12.5. The summed E-state index contributed by atoms with van der Waals surface area (Å²) in [6.07, 6.45) is -0.0777. The van der Waals surface area contributed by atoms with Crippen molar-refractivity contribution in [1.82, 2.24) is 9.62 Å². The van der Waals surface area contributed by atoms with Crippen LogP contribution in [0.2, 0.25) is 0 Å². The number of nitrogens with one attached hydrogen (secondary N) is 1. The maximum atomic E-state index is 11.8. The molecule has 1 heterocycles. The highest BCUT2D eigenvalue weighted by Gasteiger charge is 2.18. The Balaban J connectivity index is 2.47. The van der Waals surface area contributed by atoms with Gasteiger partial charge >= 0.3 is 5.97 Å². The number of carboxylic acid groups (broad SMARTS) is 1. The zero-order chi connectivity index (χ0) is 15.2. The number of carboxylic acids is 1. The van der Waals surface area contributed by atoms with E-state index < -0.39 is 21.9 Å². The first-order valence-electron chi connectivity index (χ1n) is 5.89. The Morgan fingerprint density at radius 3 is 2.65 bits per heavy atom. The fourth-order valence-corrected chi connectivity index (χ4v) is 3.55. The highest BCUT2D eigenvalue weighted by atomic mass is 32.2. The molecule has 2 N–H and O–H groups in total. The van der Waals surface area contributed by atoms with Crippen molar-refractivity contribution in [3.8, 4) is 0 Å². The van der Waals surface area contributed by atoms with E-state index in [-0.39, 0.29) is 30.3 Å². The van der Waals surface area contributed by atoms with Crippen LogP contribution >= 0.6 is 11.3 Å². The number of likely N-dealkylation sites (N-methyl/N-ethyl adjacent to an activating group) is 1. The third-order valence-corrected chi connectivity index (χ3v) is 5.31. The van der Waals surface area contributed by atoms with Crippen LogP contribution in [0.4, 0.5) is 0 Å². The third-order valence-electron chi connectivity index (χ3n) is 2.45. The highest BCUT2D eigenvalue weighted by molar-refractivity contribution is 7.91. The van der Waals surface area contributed by atoms with Crippen LogP contribution < -0.4 is 4.72 Å².